The van der Waals surface area contributed by atoms with Crippen molar-refractivity contribution >= 4 is 51.3 Å². The summed E-state index contributed by atoms with van der Waals surface area (Å²) >= 11 is 6.20. The second-order valence-corrected chi connectivity index (χ2v) is 6.87. The predicted molar refractivity (Wildman–Crippen MR) is 89.9 cm³/mol. The minimum atomic E-state index is -0.192. The Morgan fingerprint density at radius 3 is 3.05 bits per heavy atom. The second kappa shape index (κ2) is 5.27. The van der Waals surface area contributed by atoms with Crippen molar-refractivity contribution in [3.05, 3.63) is 34.7 Å². The molecule has 2 fully saturated rings. The Morgan fingerprint density at radius 1 is 1.45 bits per heavy atom. The lowest BCUT2D eigenvalue weighted by atomic mass is 10.2. The molecule has 1 N–H and O–H groups in total. The Morgan fingerprint density at radius 2 is 2.32 bits per heavy atom. The van der Waals surface area contributed by atoms with Crippen LogP contribution in [-0.2, 0) is 4.79 Å². The number of rotatable bonds is 1. The summed E-state index contributed by atoms with van der Waals surface area (Å²) in [5.74, 6) is 7.27. The first kappa shape index (κ1) is 13.6. The molecular weight excluding hydrogens is 316 g/mol. The van der Waals surface area contributed by atoms with E-state index in [-0.39, 0.29) is 5.91 Å². The van der Waals surface area contributed by atoms with Gasteiger partial charge in [-0.2, -0.15) is 0 Å². The van der Waals surface area contributed by atoms with E-state index in [0.29, 0.717) is 26.5 Å². The van der Waals surface area contributed by atoms with Gasteiger partial charge in [0.25, 0.3) is 5.91 Å². The second-order valence-electron chi connectivity index (χ2n) is 5.15. The van der Waals surface area contributed by atoms with Crippen LogP contribution in [0.5, 0.6) is 0 Å². The maximum Gasteiger partial charge on any atom is 0.263 e. The normalized spacial score (nSPS) is 19.4. The lowest BCUT2D eigenvalue weighted by Gasteiger charge is -1.92. The molecule has 4 rings (SSSR count). The number of carbonyl (C=O) groups is 1. The third-order valence-electron chi connectivity index (χ3n) is 3.35. The van der Waals surface area contributed by atoms with E-state index in [1.54, 1.807) is 18.5 Å². The molecule has 0 unspecified atom stereocenters. The minimum Gasteiger partial charge on any atom is -0.455 e. The first-order valence-corrected chi connectivity index (χ1v) is 8.05. The average Bonchev–Trinajstić information content (AvgIpc) is 3.14. The number of nitrogens with one attached hydrogen (secondary N) is 1. The molecule has 1 saturated heterocycles. The van der Waals surface area contributed by atoms with Crippen LogP contribution in [0.15, 0.2) is 27.8 Å². The van der Waals surface area contributed by atoms with E-state index in [1.165, 1.54) is 24.6 Å². The molecule has 108 valence electrons. The van der Waals surface area contributed by atoms with Crippen molar-refractivity contribution in [3.8, 4) is 11.8 Å². The molecule has 3 heterocycles. The number of thioether (sulfide) groups is 1. The van der Waals surface area contributed by atoms with Crippen molar-refractivity contribution in [3.63, 3.8) is 0 Å². The average molecular weight is 326 g/mol. The number of thiocarbonyl (C=S) groups is 1. The van der Waals surface area contributed by atoms with Crippen LogP contribution in [0.1, 0.15) is 24.2 Å². The van der Waals surface area contributed by atoms with Gasteiger partial charge < -0.3 is 9.73 Å². The molecule has 2 aromatic heterocycles. The Balaban J connectivity index is 1.73. The summed E-state index contributed by atoms with van der Waals surface area (Å²) in [5.41, 5.74) is 1.49. The summed E-state index contributed by atoms with van der Waals surface area (Å²) in [6, 6.07) is 1.85. The highest BCUT2D eigenvalue weighted by Gasteiger charge is 2.23. The van der Waals surface area contributed by atoms with E-state index < -0.39 is 0 Å². The maximum atomic E-state index is 11.7. The number of aromatic nitrogens is 1. The van der Waals surface area contributed by atoms with Crippen molar-refractivity contribution in [2.45, 2.75) is 12.8 Å². The van der Waals surface area contributed by atoms with Gasteiger partial charge in [-0.1, -0.05) is 35.8 Å². The molecule has 1 amide bonds. The zero-order chi connectivity index (χ0) is 15.1. The molecule has 1 saturated carbocycles. The SMILES string of the molecule is O=C1NC(=S)S/C1=C/c1cc2cncc(C#CC3CC3)c2o1. The number of amides is 1. The van der Waals surface area contributed by atoms with Gasteiger partial charge in [0.05, 0.1) is 10.5 Å². The number of carbonyl (C=O) groups excluding carboxylic acids is 1. The van der Waals surface area contributed by atoms with Gasteiger partial charge >= 0.3 is 0 Å². The zero-order valence-corrected chi connectivity index (χ0v) is 13.0. The maximum absolute atomic E-state index is 11.7. The van der Waals surface area contributed by atoms with Crippen LogP contribution in [0.3, 0.4) is 0 Å². The summed E-state index contributed by atoms with van der Waals surface area (Å²) in [5, 5.41) is 3.46. The first-order valence-electron chi connectivity index (χ1n) is 6.83. The van der Waals surface area contributed by atoms with Gasteiger partial charge in [0.2, 0.25) is 0 Å². The molecule has 0 radical (unpaired) electrons. The fourth-order valence-corrected chi connectivity index (χ4v) is 3.12. The van der Waals surface area contributed by atoms with E-state index >= 15 is 0 Å². The van der Waals surface area contributed by atoms with E-state index in [4.69, 9.17) is 16.6 Å². The standard InChI is InChI=1S/C16H10N2O2S2/c19-15-13(22-16(21)18-15)6-12-5-11-8-17-7-10(14(11)20-12)4-3-9-1-2-9/h5-9H,1-2H2,(H,18,19,21)/b13-6+. The Hall–Kier alpha value is -2.10. The predicted octanol–water partition coefficient (Wildman–Crippen LogP) is 3.08. The van der Waals surface area contributed by atoms with E-state index in [2.05, 4.69) is 22.1 Å². The van der Waals surface area contributed by atoms with Gasteiger partial charge in [-0.15, -0.1) is 0 Å². The Bertz CT molecular complexity index is 898. The minimum absolute atomic E-state index is 0.192. The van der Waals surface area contributed by atoms with Crippen molar-refractivity contribution in [1.29, 1.82) is 0 Å². The lowest BCUT2D eigenvalue weighted by Crippen LogP contribution is -2.17. The number of pyridine rings is 1. The summed E-state index contributed by atoms with van der Waals surface area (Å²) in [6.07, 6.45) is 7.49. The molecule has 4 nitrogen and oxygen atoms in total. The van der Waals surface area contributed by atoms with Gasteiger partial charge in [-0.3, -0.25) is 9.78 Å². The number of fused-ring (bicyclic) bond motifs is 1. The summed E-state index contributed by atoms with van der Waals surface area (Å²) in [7, 11) is 0. The van der Waals surface area contributed by atoms with E-state index in [0.717, 1.165) is 10.9 Å². The van der Waals surface area contributed by atoms with Crippen molar-refractivity contribution in [2.24, 2.45) is 5.92 Å². The smallest absolute Gasteiger partial charge is 0.263 e. The molecule has 0 spiro atoms. The third-order valence-corrected chi connectivity index (χ3v) is 4.51. The molecule has 2 aliphatic rings. The van der Waals surface area contributed by atoms with Crippen LogP contribution in [-0.4, -0.2) is 15.2 Å². The number of hydrogen-bond acceptors (Lipinski definition) is 5. The third kappa shape index (κ3) is 2.65. The van der Waals surface area contributed by atoms with E-state index in [9.17, 15) is 4.79 Å². The topological polar surface area (TPSA) is 55.1 Å². The fraction of sp³-hybridized carbons (Fsp3) is 0.188. The van der Waals surface area contributed by atoms with Crippen molar-refractivity contribution in [2.75, 3.05) is 0 Å². The largest absolute Gasteiger partial charge is 0.455 e. The first-order chi connectivity index (χ1) is 10.7. The van der Waals surface area contributed by atoms with Crippen LogP contribution in [0, 0.1) is 17.8 Å². The highest BCUT2D eigenvalue weighted by atomic mass is 32.2. The highest BCUT2D eigenvalue weighted by molar-refractivity contribution is 8.26. The zero-order valence-electron chi connectivity index (χ0n) is 11.4. The molecule has 1 aliphatic carbocycles. The van der Waals surface area contributed by atoms with Crippen LogP contribution < -0.4 is 5.32 Å². The van der Waals surface area contributed by atoms with Crippen LogP contribution in [0.2, 0.25) is 0 Å². The summed E-state index contributed by atoms with van der Waals surface area (Å²) < 4.78 is 6.30. The molecule has 22 heavy (non-hydrogen) atoms. The van der Waals surface area contributed by atoms with Crippen LogP contribution >= 0.6 is 24.0 Å². The Kier molecular flexibility index (Phi) is 3.25. The van der Waals surface area contributed by atoms with Gasteiger partial charge in [0, 0.05) is 29.8 Å². The van der Waals surface area contributed by atoms with Crippen molar-refractivity contribution < 1.29 is 9.21 Å². The molecule has 6 heteroatoms. The molecule has 1 aliphatic heterocycles. The highest BCUT2D eigenvalue weighted by Crippen LogP contribution is 2.30. The van der Waals surface area contributed by atoms with Crippen LogP contribution in [0.25, 0.3) is 17.0 Å². The molecule has 2 aromatic rings. The number of nitrogens with zero attached hydrogens (tertiary/aromatic N) is 1. The lowest BCUT2D eigenvalue weighted by molar-refractivity contribution is -0.115. The number of hydrogen-bond donors (Lipinski definition) is 1. The van der Waals surface area contributed by atoms with Crippen LogP contribution in [0.4, 0.5) is 0 Å². The summed E-state index contributed by atoms with van der Waals surface area (Å²) in [6.45, 7) is 0. The monoisotopic (exact) mass is 326 g/mol. The fourth-order valence-electron chi connectivity index (χ4n) is 2.10. The van der Waals surface area contributed by atoms with Gasteiger partial charge in [-0.05, 0) is 18.9 Å². The van der Waals surface area contributed by atoms with Gasteiger partial charge in [-0.25, -0.2) is 0 Å². The molecule has 0 bridgehead atoms. The molecule has 0 atom stereocenters. The van der Waals surface area contributed by atoms with Gasteiger partial charge in [0.15, 0.2) is 5.58 Å². The Labute approximate surface area is 136 Å². The summed E-state index contributed by atoms with van der Waals surface area (Å²) in [4.78, 5) is 16.4. The van der Waals surface area contributed by atoms with E-state index in [1.807, 2.05) is 6.07 Å². The molecular formula is C16H10N2O2S2. The number of furan rings is 1. The molecule has 0 aromatic carbocycles. The van der Waals surface area contributed by atoms with Gasteiger partial charge in [0.1, 0.15) is 10.1 Å². The van der Waals surface area contributed by atoms with Crippen molar-refractivity contribution in [1.82, 2.24) is 10.3 Å². The quantitative estimate of drug-likeness (QED) is 0.496.